The summed E-state index contributed by atoms with van der Waals surface area (Å²) in [4.78, 5) is 12.1. The zero-order chi connectivity index (χ0) is 13.7. The van der Waals surface area contributed by atoms with Gasteiger partial charge in [-0.15, -0.1) is 0 Å². The van der Waals surface area contributed by atoms with Gasteiger partial charge >= 0.3 is 0 Å². The Hall–Kier alpha value is -1.06. The van der Waals surface area contributed by atoms with Gasteiger partial charge in [-0.25, -0.2) is 0 Å². The van der Waals surface area contributed by atoms with Gasteiger partial charge in [-0.05, 0) is 24.5 Å². The van der Waals surface area contributed by atoms with Gasteiger partial charge < -0.3 is 11.1 Å². The molecule has 0 bridgehead atoms. The minimum Gasteiger partial charge on any atom is -0.352 e. The van der Waals surface area contributed by atoms with Crippen LogP contribution in [0.1, 0.15) is 37.7 Å². The first-order chi connectivity index (χ1) is 9.16. The van der Waals surface area contributed by atoms with E-state index in [9.17, 15) is 4.79 Å². The lowest BCUT2D eigenvalue weighted by atomic mass is 10.0. The Kier molecular flexibility index (Phi) is 5.23. The van der Waals surface area contributed by atoms with Crippen molar-refractivity contribution in [2.24, 2.45) is 5.73 Å². The van der Waals surface area contributed by atoms with Crippen LogP contribution < -0.4 is 11.1 Å². The van der Waals surface area contributed by atoms with Crippen LogP contribution in [0.2, 0.25) is 5.02 Å². The van der Waals surface area contributed by atoms with Crippen molar-refractivity contribution in [1.82, 2.24) is 5.32 Å². The zero-order valence-electron chi connectivity index (χ0n) is 11.1. The van der Waals surface area contributed by atoms with E-state index in [0.717, 1.165) is 31.2 Å². The van der Waals surface area contributed by atoms with E-state index < -0.39 is 0 Å². The van der Waals surface area contributed by atoms with Crippen molar-refractivity contribution in [3.63, 3.8) is 0 Å². The van der Waals surface area contributed by atoms with Crippen LogP contribution in [0.25, 0.3) is 0 Å². The average Bonchev–Trinajstić information content (AvgIpc) is 2.58. The number of amides is 1. The second kappa shape index (κ2) is 6.92. The number of nitrogens with two attached hydrogens (primary N) is 1. The van der Waals surface area contributed by atoms with Crippen molar-refractivity contribution >= 4 is 17.5 Å². The summed E-state index contributed by atoms with van der Waals surface area (Å²) in [6, 6.07) is 7.64. The molecule has 2 atom stereocenters. The second-order valence-corrected chi connectivity index (χ2v) is 5.65. The van der Waals surface area contributed by atoms with Crippen molar-refractivity contribution in [2.45, 2.75) is 50.6 Å². The molecule has 1 aromatic rings. The highest BCUT2D eigenvalue weighted by molar-refractivity contribution is 6.31. The van der Waals surface area contributed by atoms with E-state index in [1.165, 1.54) is 6.42 Å². The molecule has 0 saturated heterocycles. The molecule has 2 unspecified atom stereocenters. The molecule has 19 heavy (non-hydrogen) atoms. The molecule has 1 aromatic carbocycles. The van der Waals surface area contributed by atoms with Crippen LogP contribution in [0.15, 0.2) is 24.3 Å². The minimum absolute atomic E-state index is 0.00968. The van der Waals surface area contributed by atoms with E-state index in [1.54, 1.807) is 0 Å². The van der Waals surface area contributed by atoms with Crippen LogP contribution in [0.3, 0.4) is 0 Å². The molecule has 2 rings (SSSR count). The molecule has 1 fully saturated rings. The summed E-state index contributed by atoms with van der Waals surface area (Å²) in [6.45, 7) is 0. The molecule has 0 heterocycles. The second-order valence-electron chi connectivity index (χ2n) is 5.24. The molecule has 0 aromatic heterocycles. The molecule has 1 saturated carbocycles. The van der Waals surface area contributed by atoms with Gasteiger partial charge in [-0.3, -0.25) is 4.79 Å². The summed E-state index contributed by atoms with van der Waals surface area (Å²) in [5, 5.41) is 3.70. The van der Waals surface area contributed by atoms with Crippen LogP contribution in [0.4, 0.5) is 0 Å². The van der Waals surface area contributed by atoms with Crippen LogP contribution in [0.5, 0.6) is 0 Å². The number of halogens is 1. The monoisotopic (exact) mass is 280 g/mol. The molecule has 0 radical (unpaired) electrons. The lowest BCUT2D eigenvalue weighted by Gasteiger charge is -2.22. The van der Waals surface area contributed by atoms with Crippen molar-refractivity contribution in [1.29, 1.82) is 0 Å². The maximum Gasteiger partial charge on any atom is 0.224 e. The number of rotatable bonds is 3. The fraction of sp³-hybridized carbons (Fsp3) is 0.533. The van der Waals surface area contributed by atoms with Crippen LogP contribution in [-0.4, -0.2) is 18.0 Å². The Morgan fingerprint density at radius 2 is 2.00 bits per heavy atom. The Bertz CT molecular complexity index is 436. The van der Waals surface area contributed by atoms with Gasteiger partial charge in [0.2, 0.25) is 5.91 Å². The zero-order valence-corrected chi connectivity index (χ0v) is 11.8. The van der Waals surface area contributed by atoms with E-state index in [0.29, 0.717) is 11.4 Å². The number of hydrogen-bond acceptors (Lipinski definition) is 2. The maximum absolute atomic E-state index is 12.1. The molecule has 1 aliphatic rings. The van der Waals surface area contributed by atoms with Crippen molar-refractivity contribution in [3.8, 4) is 0 Å². The quantitative estimate of drug-likeness (QED) is 0.837. The Morgan fingerprint density at radius 3 is 2.79 bits per heavy atom. The van der Waals surface area contributed by atoms with E-state index in [-0.39, 0.29) is 18.0 Å². The highest BCUT2D eigenvalue weighted by atomic mass is 35.5. The van der Waals surface area contributed by atoms with E-state index in [4.69, 9.17) is 17.3 Å². The van der Waals surface area contributed by atoms with Gasteiger partial charge in [0.25, 0.3) is 0 Å². The van der Waals surface area contributed by atoms with Crippen LogP contribution in [-0.2, 0) is 11.2 Å². The smallest absolute Gasteiger partial charge is 0.224 e. The van der Waals surface area contributed by atoms with Gasteiger partial charge in [-0.2, -0.15) is 0 Å². The summed E-state index contributed by atoms with van der Waals surface area (Å²) < 4.78 is 0. The van der Waals surface area contributed by atoms with Crippen LogP contribution >= 0.6 is 11.6 Å². The lowest BCUT2D eigenvalue weighted by Crippen LogP contribution is -2.47. The Balaban J connectivity index is 1.92. The third kappa shape index (κ3) is 4.22. The first kappa shape index (κ1) is 14.4. The van der Waals surface area contributed by atoms with Crippen LogP contribution in [0, 0.1) is 0 Å². The van der Waals surface area contributed by atoms with E-state index in [2.05, 4.69) is 5.32 Å². The molecule has 0 spiro atoms. The van der Waals surface area contributed by atoms with Crippen molar-refractivity contribution in [2.75, 3.05) is 0 Å². The first-order valence-electron chi connectivity index (χ1n) is 6.95. The molecule has 1 amide bonds. The van der Waals surface area contributed by atoms with Crippen molar-refractivity contribution in [3.05, 3.63) is 34.9 Å². The standard InChI is InChI=1S/C15H21ClN2O/c16-12-7-5-4-6-11(12)10-15(19)18-14-9-3-1-2-8-13(14)17/h4-7,13-14H,1-3,8-10,17H2,(H,18,19). The molecule has 4 heteroatoms. The summed E-state index contributed by atoms with van der Waals surface area (Å²) in [6.07, 6.45) is 5.82. The Labute approximate surface area is 119 Å². The SMILES string of the molecule is NC1CCCCCC1NC(=O)Cc1ccccc1Cl. The Morgan fingerprint density at radius 1 is 1.26 bits per heavy atom. The third-order valence-corrected chi connectivity index (χ3v) is 4.09. The average molecular weight is 281 g/mol. The first-order valence-corrected chi connectivity index (χ1v) is 7.33. The predicted octanol–water partition coefficient (Wildman–Crippen LogP) is 2.66. The molecule has 0 aliphatic heterocycles. The van der Waals surface area contributed by atoms with Gasteiger partial charge in [0.1, 0.15) is 0 Å². The number of carbonyl (C=O) groups excluding carboxylic acids is 1. The molecule has 1 aliphatic carbocycles. The largest absolute Gasteiger partial charge is 0.352 e. The fourth-order valence-electron chi connectivity index (χ4n) is 2.59. The van der Waals surface area contributed by atoms with Gasteiger partial charge in [-0.1, -0.05) is 49.1 Å². The molecular formula is C15H21ClN2O. The summed E-state index contributed by atoms with van der Waals surface area (Å²) in [7, 11) is 0. The van der Waals surface area contributed by atoms with Gasteiger partial charge in [0.05, 0.1) is 6.42 Å². The molecule has 3 N–H and O–H groups in total. The minimum atomic E-state index is 0.00968. The highest BCUT2D eigenvalue weighted by Crippen LogP contribution is 2.18. The fourth-order valence-corrected chi connectivity index (χ4v) is 2.79. The van der Waals surface area contributed by atoms with Crippen molar-refractivity contribution < 1.29 is 4.79 Å². The van der Waals surface area contributed by atoms with Gasteiger partial charge in [0, 0.05) is 17.1 Å². The molecular weight excluding hydrogens is 260 g/mol. The number of nitrogens with one attached hydrogen (secondary N) is 1. The maximum atomic E-state index is 12.1. The summed E-state index contributed by atoms with van der Waals surface area (Å²) >= 11 is 6.06. The van der Waals surface area contributed by atoms with E-state index >= 15 is 0 Å². The lowest BCUT2D eigenvalue weighted by molar-refractivity contribution is -0.121. The predicted molar refractivity (Wildman–Crippen MR) is 78.1 cm³/mol. The number of hydrogen-bond donors (Lipinski definition) is 2. The van der Waals surface area contributed by atoms with E-state index in [1.807, 2.05) is 24.3 Å². The summed E-state index contributed by atoms with van der Waals surface area (Å²) in [5.41, 5.74) is 6.97. The molecule has 3 nitrogen and oxygen atoms in total. The number of benzene rings is 1. The molecule has 104 valence electrons. The third-order valence-electron chi connectivity index (χ3n) is 3.72. The summed E-state index contributed by atoms with van der Waals surface area (Å²) in [5.74, 6) is 0.00968. The topological polar surface area (TPSA) is 55.1 Å². The number of carbonyl (C=O) groups is 1. The van der Waals surface area contributed by atoms with Gasteiger partial charge in [0.15, 0.2) is 0 Å². The highest BCUT2D eigenvalue weighted by Gasteiger charge is 2.22. The normalized spacial score (nSPS) is 23.7.